The van der Waals surface area contributed by atoms with Crippen LogP contribution in [0.4, 0.5) is 11.4 Å². The van der Waals surface area contributed by atoms with Gasteiger partial charge in [-0.3, -0.25) is 4.79 Å². The topological polar surface area (TPSA) is 61.0 Å². The first-order valence-electron chi connectivity index (χ1n) is 6.61. The number of benzene rings is 1. The Balaban J connectivity index is 1.75. The molecule has 0 spiro atoms. The Morgan fingerprint density at radius 3 is 2.71 bits per heavy atom. The predicted octanol–water partition coefficient (Wildman–Crippen LogP) is 2.66. The molecule has 3 aromatic rings. The number of H-pyrrole nitrogens is 1. The van der Waals surface area contributed by atoms with E-state index in [-0.39, 0.29) is 5.56 Å². The number of hydrogen-bond acceptors (Lipinski definition) is 5. The molecule has 3 rings (SSSR count). The van der Waals surface area contributed by atoms with Crippen LogP contribution < -0.4 is 15.8 Å². The van der Waals surface area contributed by atoms with Crippen molar-refractivity contribution < 1.29 is 0 Å². The van der Waals surface area contributed by atoms with E-state index in [4.69, 9.17) is 0 Å². The van der Waals surface area contributed by atoms with Crippen molar-refractivity contribution in [2.24, 2.45) is 0 Å². The van der Waals surface area contributed by atoms with Crippen LogP contribution >= 0.6 is 11.3 Å². The highest BCUT2D eigenvalue weighted by Gasteiger charge is 2.04. The number of aromatic nitrogens is 2. The fourth-order valence-electron chi connectivity index (χ4n) is 2.07. The van der Waals surface area contributed by atoms with Crippen molar-refractivity contribution in [3.8, 4) is 0 Å². The minimum atomic E-state index is -0.0743. The molecule has 0 saturated carbocycles. The summed E-state index contributed by atoms with van der Waals surface area (Å²) in [6, 6.07) is 9.97. The van der Waals surface area contributed by atoms with Crippen LogP contribution in [-0.4, -0.2) is 24.1 Å². The number of aromatic amines is 1. The van der Waals surface area contributed by atoms with Crippen molar-refractivity contribution in [3.63, 3.8) is 0 Å². The molecule has 6 heteroatoms. The SMILES string of the molecule is CN(C)c1ccc(NCc2nc3ccsc3c(=O)[nH]2)cc1. The van der Waals surface area contributed by atoms with E-state index in [2.05, 4.69) is 15.3 Å². The molecule has 2 N–H and O–H groups in total. The monoisotopic (exact) mass is 300 g/mol. The Kier molecular flexibility index (Phi) is 3.62. The van der Waals surface area contributed by atoms with E-state index in [0.29, 0.717) is 17.1 Å². The maximum absolute atomic E-state index is 11.9. The van der Waals surface area contributed by atoms with Gasteiger partial charge in [-0.2, -0.15) is 0 Å². The van der Waals surface area contributed by atoms with Gasteiger partial charge in [0.15, 0.2) is 0 Å². The summed E-state index contributed by atoms with van der Waals surface area (Å²) in [7, 11) is 4.01. The number of nitrogens with zero attached hydrogens (tertiary/aromatic N) is 2. The van der Waals surface area contributed by atoms with Crippen molar-refractivity contribution in [1.82, 2.24) is 9.97 Å². The lowest BCUT2D eigenvalue weighted by molar-refractivity contribution is 0.955. The molecule has 0 bridgehead atoms. The van der Waals surface area contributed by atoms with Gasteiger partial charge in [-0.15, -0.1) is 11.3 Å². The quantitative estimate of drug-likeness (QED) is 0.777. The third-order valence-corrected chi connectivity index (χ3v) is 4.11. The van der Waals surface area contributed by atoms with Gasteiger partial charge in [-0.1, -0.05) is 0 Å². The van der Waals surface area contributed by atoms with Crippen LogP contribution in [0.3, 0.4) is 0 Å². The Morgan fingerprint density at radius 2 is 2.00 bits per heavy atom. The zero-order chi connectivity index (χ0) is 14.8. The smallest absolute Gasteiger partial charge is 0.268 e. The zero-order valence-corrected chi connectivity index (χ0v) is 12.7. The molecule has 2 aromatic heterocycles. The highest BCUT2D eigenvalue weighted by Crippen LogP contribution is 2.17. The van der Waals surface area contributed by atoms with Crippen molar-refractivity contribution in [2.45, 2.75) is 6.54 Å². The van der Waals surface area contributed by atoms with E-state index in [9.17, 15) is 4.79 Å². The van der Waals surface area contributed by atoms with Gasteiger partial charge in [0, 0.05) is 25.5 Å². The summed E-state index contributed by atoms with van der Waals surface area (Å²) >= 11 is 1.41. The molecule has 0 atom stereocenters. The molecule has 5 nitrogen and oxygen atoms in total. The van der Waals surface area contributed by atoms with Crippen LogP contribution in [0.1, 0.15) is 5.82 Å². The summed E-state index contributed by atoms with van der Waals surface area (Å²) in [6.07, 6.45) is 0. The highest BCUT2D eigenvalue weighted by atomic mass is 32.1. The van der Waals surface area contributed by atoms with Gasteiger partial charge in [0.1, 0.15) is 10.5 Å². The van der Waals surface area contributed by atoms with Crippen molar-refractivity contribution in [3.05, 3.63) is 51.9 Å². The first kappa shape index (κ1) is 13.6. The zero-order valence-electron chi connectivity index (χ0n) is 11.9. The first-order chi connectivity index (χ1) is 10.1. The summed E-state index contributed by atoms with van der Waals surface area (Å²) < 4.78 is 0.675. The third kappa shape index (κ3) is 2.90. The lowest BCUT2D eigenvalue weighted by atomic mass is 10.2. The van der Waals surface area contributed by atoms with Crippen LogP contribution in [0.5, 0.6) is 0 Å². The van der Waals surface area contributed by atoms with Crippen LogP contribution in [0, 0.1) is 0 Å². The van der Waals surface area contributed by atoms with Gasteiger partial charge in [-0.05, 0) is 35.7 Å². The van der Waals surface area contributed by atoms with Gasteiger partial charge in [-0.25, -0.2) is 4.98 Å². The lowest BCUT2D eigenvalue weighted by Crippen LogP contribution is -2.13. The average molecular weight is 300 g/mol. The Labute approximate surface area is 126 Å². The number of nitrogens with one attached hydrogen (secondary N) is 2. The van der Waals surface area contributed by atoms with Gasteiger partial charge in [0.05, 0.1) is 12.1 Å². The second-order valence-corrected chi connectivity index (χ2v) is 5.86. The maximum Gasteiger partial charge on any atom is 0.268 e. The molecule has 0 fully saturated rings. The minimum absolute atomic E-state index is 0.0743. The molecule has 0 amide bonds. The first-order valence-corrected chi connectivity index (χ1v) is 7.49. The Hall–Kier alpha value is -2.34. The van der Waals surface area contributed by atoms with Crippen LogP contribution in [-0.2, 0) is 6.54 Å². The van der Waals surface area contributed by atoms with Crippen molar-refractivity contribution in [1.29, 1.82) is 0 Å². The third-order valence-electron chi connectivity index (χ3n) is 3.21. The normalized spacial score (nSPS) is 10.8. The van der Waals surface area contributed by atoms with E-state index >= 15 is 0 Å². The Morgan fingerprint density at radius 1 is 1.24 bits per heavy atom. The van der Waals surface area contributed by atoms with Gasteiger partial charge in [0.25, 0.3) is 5.56 Å². The van der Waals surface area contributed by atoms with Crippen LogP contribution in [0.15, 0.2) is 40.5 Å². The fraction of sp³-hybridized carbons (Fsp3) is 0.200. The summed E-state index contributed by atoms with van der Waals surface area (Å²) in [5, 5.41) is 5.14. The Bertz CT molecular complexity index is 804. The fourth-order valence-corrected chi connectivity index (χ4v) is 2.79. The summed E-state index contributed by atoms with van der Waals surface area (Å²) in [4.78, 5) is 21.2. The minimum Gasteiger partial charge on any atom is -0.378 e. The van der Waals surface area contributed by atoms with E-state index < -0.39 is 0 Å². The van der Waals surface area contributed by atoms with E-state index in [1.807, 2.05) is 54.7 Å². The average Bonchev–Trinajstić information content (AvgIpc) is 2.94. The second-order valence-electron chi connectivity index (χ2n) is 4.94. The summed E-state index contributed by atoms with van der Waals surface area (Å²) in [5.74, 6) is 0.641. The molecular weight excluding hydrogens is 284 g/mol. The van der Waals surface area contributed by atoms with Crippen molar-refractivity contribution >= 4 is 32.9 Å². The van der Waals surface area contributed by atoms with E-state index in [1.165, 1.54) is 11.3 Å². The van der Waals surface area contributed by atoms with Gasteiger partial charge < -0.3 is 15.2 Å². The largest absolute Gasteiger partial charge is 0.378 e. The van der Waals surface area contributed by atoms with Crippen LogP contribution in [0.2, 0.25) is 0 Å². The predicted molar refractivity (Wildman–Crippen MR) is 88.3 cm³/mol. The van der Waals surface area contributed by atoms with Gasteiger partial charge >= 0.3 is 0 Å². The molecule has 1 aromatic carbocycles. The lowest BCUT2D eigenvalue weighted by Gasteiger charge is -2.13. The molecule has 108 valence electrons. The van der Waals surface area contributed by atoms with E-state index in [1.54, 1.807) is 0 Å². The molecule has 0 unspecified atom stereocenters. The standard InChI is InChI=1S/C15H16N4OS/c1-19(2)11-5-3-10(4-6-11)16-9-13-17-12-7-8-21-14(12)15(20)18-13/h3-8,16H,9H2,1-2H3,(H,17,18,20). The summed E-state index contributed by atoms with van der Waals surface area (Å²) in [5.41, 5.74) is 2.82. The van der Waals surface area contributed by atoms with E-state index in [0.717, 1.165) is 16.9 Å². The number of rotatable bonds is 4. The number of hydrogen-bond donors (Lipinski definition) is 2. The van der Waals surface area contributed by atoms with Crippen molar-refractivity contribution in [2.75, 3.05) is 24.3 Å². The highest BCUT2D eigenvalue weighted by molar-refractivity contribution is 7.17. The molecule has 2 heterocycles. The number of anilines is 2. The molecule has 0 saturated heterocycles. The molecule has 0 radical (unpaired) electrons. The number of thiophene rings is 1. The number of fused-ring (bicyclic) bond motifs is 1. The summed E-state index contributed by atoms with van der Waals surface area (Å²) in [6.45, 7) is 0.488. The molecule has 21 heavy (non-hydrogen) atoms. The second kappa shape index (κ2) is 5.57. The molecule has 0 aliphatic heterocycles. The van der Waals surface area contributed by atoms with Crippen LogP contribution in [0.25, 0.3) is 10.2 Å². The molecule has 0 aliphatic rings. The molecular formula is C15H16N4OS. The maximum atomic E-state index is 11.9. The molecule has 0 aliphatic carbocycles. The van der Waals surface area contributed by atoms with Gasteiger partial charge in [0.2, 0.25) is 0 Å².